The van der Waals surface area contributed by atoms with Crippen LogP contribution in [0.1, 0.15) is 77.5 Å². The minimum absolute atomic E-state index is 0.0246. The molecule has 182 valence electrons. The van der Waals surface area contributed by atoms with Crippen molar-refractivity contribution in [3.8, 4) is 0 Å². The number of hydrogen-bond acceptors (Lipinski definition) is 4. The molecule has 1 aliphatic rings. The lowest BCUT2D eigenvalue weighted by Gasteiger charge is -2.27. The van der Waals surface area contributed by atoms with Crippen LogP contribution in [0.25, 0.3) is 0 Å². The highest BCUT2D eigenvalue weighted by atomic mass is 35.5. The smallest absolute Gasteiger partial charge is 0.306 e. The molecule has 1 fully saturated rings. The Morgan fingerprint density at radius 3 is 2.37 bits per heavy atom. The van der Waals surface area contributed by atoms with Gasteiger partial charge in [0.05, 0.1) is 11.6 Å². The second-order valence-corrected chi connectivity index (χ2v) is 9.98. The summed E-state index contributed by atoms with van der Waals surface area (Å²) in [6.07, 6.45) is 5.52. The minimum Gasteiger partial charge on any atom is -0.481 e. The Morgan fingerprint density at radius 1 is 1.06 bits per heavy atom. The molecule has 0 spiro atoms. The summed E-state index contributed by atoms with van der Waals surface area (Å²) in [4.78, 5) is 15.6. The second-order valence-electron chi connectivity index (χ2n) is 9.54. The SMILES string of the molecule is Cc1cc(C(C[C@H](c2ccc([C@H]3CC[C@@H](C(=O)O)CC3)cc2)c2ccc(Cl)cc2C)=NO)ccn1. The van der Waals surface area contributed by atoms with Crippen LogP contribution in [0.3, 0.4) is 0 Å². The van der Waals surface area contributed by atoms with Gasteiger partial charge in [-0.1, -0.05) is 47.1 Å². The Morgan fingerprint density at radius 2 is 1.77 bits per heavy atom. The first-order chi connectivity index (χ1) is 16.9. The Labute approximate surface area is 211 Å². The van der Waals surface area contributed by atoms with Crippen LogP contribution in [0.4, 0.5) is 0 Å². The fourth-order valence-corrected chi connectivity index (χ4v) is 5.47. The average molecular weight is 491 g/mol. The summed E-state index contributed by atoms with van der Waals surface area (Å²) in [7, 11) is 0. The predicted octanol–water partition coefficient (Wildman–Crippen LogP) is 7.11. The van der Waals surface area contributed by atoms with E-state index in [1.165, 1.54) is 5.56 Å². The van der Waals surface area contributed by atoms with E-state index in [0.717, 1.165) is 53.6 Å². The quantitative estimate of drug-likeness (QED) is 0.210. The molecule has 0 saturated heterocycles. The van der Waals surface area contributed by atoms with Crippen molar-refractivity contribution >= 4 is 23.3 Å². The van der Waals surface area contributed by atoms with E-state index in [4.69, 9.17) is 11.6 Å². The molecule has 3 aromatic rings. The third-order valence-corrected chi connectivity index (χ3v) is 7.48. The van der Waals surface area contributed by atoms with Crippen LogP contribution in [-0.4, -0.2) is 27.0 Å². The van der Waals surface area contributed by atoms with Crippen LogP contribution in [0.2, 0.25) is 5.02 Å². The molecule has 0 bridgehead atoms. The van der Waals surface area contributed by atoms with E-state index in [1.54, 1.807) is 6.20 Å². The van der Waals surface area contributed by atoms with Crippen molar-refractivity contribution in [2.75, 3.05) is 0 Å². The average Bonchev–Trinajstić information content (AvgIpc) is 2.86. The Hall–Kier alpha value is -3.18. The highest BCUT2D eigenvalue weighted by molar-refractivity contribution is 6.30. The van der Waals surface area contributed by atoms with Gasteiger partial charge in [-0.15, -0.1) is 0 Å². The maximum absolute atomic E-state index is 11.3. The lowest BCUT2D eigenvalue weighted by atomic mass is 9.78. The number of carbonyl (C=O) groups is 1. The largest absolute Gasteiger partial charge is 0.481 e. The van der Waals surface area contributed by atoms with Gasteiger partial charge in [-0.3, -0.25) is 9.78 Å². The second kappa shape index (κ2) is 11.0. The first-order valence-electron chi connectivity index (χ1n) is 12.1. The number of benzene rings is 2. The summed E-state index contributed by atoms with van der Waals surface area (Å²) in [5, 5.41) is 23.6. The first kappa shape index (κ1) is 24.9. The molecule has 2 N–H and O–H groups in total. The van der Waals surface area contributed by atoms with Crippen molar-refractivity contribution in [1.82, 2.24) is 4.98 Å². The van der Waals surface area contributed by atoms with Crippen LogP contribution < -0.4 is 0 Å². The summed E-state index contributed by atoms with van der Waals surface area (Å²) in [5.41, 5.74) is 6.92. The highest BCUT2D eigenvalue weighted by Crippen LogP contribution is 2.38. The van der Waals surface area contributed by atoms with Gasteiger partial charge < -0.3 is 10.3 Å². The van der Waals surface area contributed by atoms with Gasteiger partial charge in [-0.2, -0.15) is 0 Å². The number of nitrogens with zero attached hydrogens (tertiary/aromatic N) is 2. The van der Waals surface area contributed by atoms with Gasteiger partial charge in [0.2, 0.25) is 0 Å². The van der Waals surface area contributed by atoms with Gasteiger partial charge in [-0.25, -0.2) is 0 Å². The van der Waals surface area contributed by atoms with E-state index in [-0.39, 0.29) is 11.8 Å². The van der Waals surface area contributed by atoms with Crippen LogP contribution in [0.5, 0.6) is 0 Å². The van der Waals surface area contributed by atoms with E-state index in [2.05, 4.69) is 47.4 Å². The van der Waals surface area contributed by atoms with Crippen molar-refractivity contribution in [3.63, 3.8) is 0 Å². The lowest BCUT2D eigenvalue weighted by molar-refractivity contribution is -0.142. The molecule has 1 atom stereocenters. The molecule has 5 nitrogen and oxygen atoms in total. The molecule has 0 radical (unpaired) electrons. The standard InChI is InChI=1S/C29H31ClN2O3/c1-18-15-25(30)11-12-26(18)27(17-28(32-35)24-13-14-31-19(2)16-24)22-7-3-20(4-8-22)21-5-9-23(10-6-21)29(33)34/h3-4,7-8,11-16,21,23,27,35H,5-6,9-10,17H2,1-2H3,(H,33,34)/t21-,23+,27-/m1/s1. The number of pyridine rings is 1. The number of hydrogen-bond donors (Lipinski definition) is 2. The van der Waals surface area contributed by atoms with Crippen molar-refractivity contribution in [2.24, 2.45) is 11.1 Å². The van der Waals surface area contributed by atoms with E-state index in [1.807, 2.05) is 31.2 Å². The first-order valence-corrected chi connectivity index (χ1v) is 12.5. The molecular weight excluding hydrogens is 460 g/mol. The monoisotopic (exact) mass is 490 g/mol. The Balaban J connectivity index is 1.63. The molecule has 0 aliphatic heterocycles. The van der Waals surface area contributed by atoms with Crippen LogP contribution >= 0.6 is 11.6 Å². The number of rotatable bonds is 7. The fourth-order valence-electron chi connectivity index (χ4n) is 5.25. The zero-order valence-corrected chi connectivity index (χ0v) is 20.9. The molecule has 1 aliphatic carbocycles. The van der Waals surface area contributed by atoms with Gasteiger partial charge in [0.1, 0.15) is 0 Å². The van der Waals surface area contributed by atoms with Gasteiger partial charge in [0.25, 0.3) is 0 Å². The number of oxime groups is 1. The third-order valence-electron chi connectivity index (χ3n) is 7.24. The lowest BCUT2D eigenvalue weighted by Crippen LogP contribution is -2.20. The van der Waals surface area contributed by atoms with Crippen LogP contribution in [-0.2, 0) is 4.79 Å². The van der Waals surface area contributed by atoms with Gasteiger partial charge >= 0.3 is 5.97 Å². The van der Waals surface area contributed by atoms with Crippen molar-refractivity contribution < 1.29 is 15.1 Å². The van der Waals surface area contributed by atoms with Gasteiger partial charge in [0, 0.05) is 34.8 Å². The zero-order chi connectivity index (χ0) is 24.9. The molecule has 35 heavy (non-hydrogen) atoms. The normalized spacial score (nSPS) is 19.3. The minimum atomic E-state index is -0.675. The molecule has 6 heteroatoms. The van der Waals surface area contributed by atoms with Crippen molar-refractivity contribution in [3.05, 3.63) is 99.3 Å². The molecule has 4 rings (SSSR count). The number of aryl methyl sites for hydroxylation is 2. The number of carboxylic acid groups (broad SMARTS) is 1. The van der Waals surface area contributed by atoms with E-state index < -0.39 is 5.97 Å². The molecular formula is C29H31ClN2O3. The van der Waals surface area contributed by atoms with Crippen LogP contribution in [0.15, 0.2) is 65.9 Å². The summed E-state index contributed by atoms with van der Waals surface area (Å²) in [5.74, 6) is -0.519. The molecule has 2 aromatic carbocycles. The van der Waals surface area contributed by atoms with Crippen LogP contribution in [0, 0.1) is 19.8 Å². The zero-order valence-electron chi connectivity index (χ0n) is 20.1. The molecule has 1 saturated carbocycles. The fraction of sp³-hybridized carbons (Fsp3) is 0.345. The number of aliphatic carboxylic acids is 1. The highest BCUT2D eigenvalue weighted by Gasteiger charge is 2.27. The maximum Gasteiger partial charge on any atom is 0.306 e. The van der Waals surface area contributed by atoms with Gasteiger partial charge in [0.15, 0.2) is 0 Å². The predicted molar refractivity (Wildman–Crippen MR) is 139 cm³/mol. The molecule has 1 aromatic heterocycles. The number of carboxylic acids is 1. The van der Waals surface area contributed by atoms with Gasteiger partial charge in [-0.05, 0) is 92.0 Å². The topological polar surface area (TPSA) is 82.8 Å². The molecule has 1 heterocycles. The van der Waals surface area contributed by atoms with E-state index >= 15 is 0 Å². The summed E-state index contributed by atoms with van der Waals surface area (Å²) in [6.45, 7) is 3.97. The summed E-state index contributed by atoms with van der Waals surface area (Å²) in [6, 6.07) is 18.4. The summed E-state index contributed by atoms with van der Waals surface area (Å²) >= 11 is 6.24. The molecule has 0 unspecified atom stereocenters. The Kier molecular flexibility index (Phi) is 7.86. The van der Waals surface area contributed by atoms with Crippen molar-refractivity contribution in [1.29, 1.82) is 0 Å². The maximum atomic E-state index is 11.3. The van der Waals surface area contributed by atoms with Crippen molar-refractivity contribution in [2.45, 2.75) is 57.8 Å². The number of aromatic nitrogens is 1. The third kappa shape index (κ3) is 5.91. The number of halogens is 1. The summed E-state index contributed by atoms with van der Waals surface area (Å²) < 4.78 is 0. The van der Waals surface area contributed by atoms with E-state index in [0.29, 0.717) is 23.1 Å². The Bertz CT molecular complexity index is 1210. The van der Waals surface area contributed by atoms with E-state index in [9.17, 15) is 15.1 Å². The molecule has 0 amide bonds.